The largest absolute Gasteiger partial charge is 0.309 e. The number of rotatable bonds is 3. The first-order valence-corrected chi connectivity index (χ1v) is 5.83. The van der Waals surface area contributed by atoms with Crippen LogP contribution >= 0.6 is 0 Å². The SMILES string of the molecule is CC(C)N[C@H](C)c1nc2ccccc2c(=O)[nH]1. The summed E-state index contributed by atoms with van der Waals surface area (Å²) in [5, 5.41) is 3.95. The molecule has 1 aromatic heterocycles. The molecule has 0 radical (unpaired) electrons. The van der Waals surface area contributed by atoms with Gasteiger partial charge in [0.05, 0.1) is 16.9 Å². The summed E-state index contributed by atoms with van der Waals surface area (Å²) in [7, 11) is 0. The number of H-pyrrole nitrogens is 1. The summed E-state index contributed by atoms with van der Waals surface area (Å²) < 4.78 is 0. The molecule has 4 nitrogen and oxygen atoms in total. The summed E-state index contributed by atoms with van der Waals surface area (Å²) in [6.07, 6.45) is 0. The first kappa shape index (κ1) is 11.8. The van der Waals surface area contributed by atoms with Crippen molar-refractivity contribution in [1.29, 1.82) is 0 Å². The van der Waals surface area contributed by atoms with Crippen LogP contribution in [0.4, 0.5) is 0 Å². The van der Waals surface area contributed by atoms with Crippen LogP contribution in [0.3, 0.4) is 0 Å². The number of hydrogen-bond acceptors (Lipinski definition) is 3. The summed E-state index contributed by atoms with van der Waals surface area (Å²) in [6.45, 7) is 6.12. The average molecular weight is 231 g/mol. The Balaban J connectivity index is 2.46. The van der Waals surface area contributed by atoms with Crippen molar-refractivity contribution in [3.63, 3.8) is 0 Å². The third kappa shape index (κ3) is 2.53. The second-order valence-electron chi connectivity index (χ2n) is 4.51. The molecule has 0 saturated carbocycles. The molecule has 0 bridgehead atoms. The number of para-hydroxylation sites is 1. The minimum atomic E-state index is -0.0805. The molecule has 0 unspecified atom stereocenters. The van der Waals surface area contributed by atoms with Crippen molar-refractivity contribution in [2.45, 2.75) is 32.9 Å². The maximum Gasteiger partial charge on any atom is 0.258 e. The zero-order chi connectivity index (χ0) is 12.4. The predicted octanol–water partition coefficient (Wildman–Crippen LogP) is 1.98. The van der Waals surface area contributed by atoms with Crippen molar-refractivity contribution in [2.75, 3.05) is 0 Å². The number of benzene rings is 1. The Morgan fingerprint density at radius 1 is 1.24 bits per heavy atom. The van der Waals surface area contributed by atoms with Gasteiger partial charge in [-0.3, -0.25) is 4.79 Å². The lowest BCUT2D eigenvalue weighted by Gasteiger charge is -2.16. The van der Waals surface area contributed by atoms with Crippen LogP contribution in [0.25, 0.3) is 10.9 Å². The third-order valence-electron chi connectivity index (χ3n) is 2.62. The normalized spacial score (nSPS) is 13.2. The van der Waals surface area contributed by atoms with Crippen molar-refractivity contribution in [3.05, 3.63) is 40.4 Å². The van der Waals surface area contributed by atoms with Crippen LogP contribution in [-0.2, 0) is 0 Å². The zero-order valence-corrected chi connectivity index (χ0v) is 10.3. The average Bonchev–Trinajstić information content (AvgIpc) is 2.28. The Bertz CT molecular complexity index is 574. The van der Waals surface area contributed by atoms with Gasteiger partial charge in [0.2, 0.25) is 0 Å². The van der Waals surface area contributed by atoms with Crippen molar-refractivity contribution in [2.24, 2.45) is 0 Å². The minimum absolute atomic E-state index is 0.0345. The van der Waals surface area contributed by atoms with Gasteiger partial charge in [-0.1, -0.05) is 26.0 Å². The molecule has 90 valence electrons. The van der Waals surface area contributed by atoms with E-state index in [1.165, 1.54) is 0 Å². The number of hydrogen-bond donors (Lipinski definition) is 2. The molecule has 0 spiro atoms. The van der Waals surface area contributed by atoms with Crippen LogP contribution in [0, 0.1) is 0 Å². The van der Waals surface area contributed by atoms with Crippen LogP contribution in [0.1, 0.15) is 32.6 Å². The fourth-order valence-electron chi connectivity index (χ4n) is 1.89. The molecule has 0 amide bonds. The van der Waals surface area contributed by atoms with Gasteiger partial charge in [0.15, 0.2) is 0 Å². The Morgan fingerprint density at radius 2 is 1.94 bits per heavy atom. The summed E-state index contributed by atoms with van der Waals surface area (Å²) in [4.78, 5) is 19.2. The Labute approximate surface area is 100 Å². The monoisotopic (exact) mass is 231 g/mol. The minimum Gasteiger partial charge on any atom is -0.309 e. The van der Waals surface area contributed by atoms with E-state index in [0.717, 1.165) is 5.52 Å². The highest BCUT2D eigenvalue weighted by Gasteiger charge is 2.10. The number of aromatic nitrogens is 2. The van der Waals surface area contributed by atoms with E-state index in [0.29, 0.717) is 17.3 Å². The molecule has 0 aliphatic rings. The van der Waals surface area contributed by atoms with Gasteiger partial charge in [-0.2, -0.15) is 0 Å². The van der Waals surface area contributed by atoms with Crippen LogP contribution in [0.15, 0.2) is 29.1 Å². The van der Waals surface area contributed by atoms with Gasteiger partial charge < -0.3 is 10.3 Å². The molecule has 0 aliphatic heterocycles. The van der Waals surface area contributed by atoms with E-state index in [4.69, 9.17) is 0 Å². The van der Waals surface area contributed by atoms with Crippen molar-refractivity contribution in [1.82, 2.24) is 15.3 Å². The van der Waals surface area contributed by atoms with Gasteiger partial charge in [0.1, 0.15) is 5.82 Å². The Kier molecular flexibility index (Phi) is 3.24. The predicted molar refractivity (Wildman–Crippen MR) is 69.1 cm³/mol. The summed E-state index contributed by atoms with van der Waals surface area (Å²) in [5.41, 5.74) is 0.659. The second-order valence-corrected chi connectivity index (χ2v) is 4.51. The van der Waals surface area contributed by atoms with Gasteiger partial charge in [0, 0.05) is 6.04 Å². The topological polar surface area (TPSA) is 57.8 Å². The fourth-order valence-corrected chi connectivity index (χ4v) is 1.89. The first-order chi connectivity index (χ1) is 8.08. The Morgan fingerprint density at radius 3 is 2.65 bits per heavy atom. The lowest BCUT2D eigenvalue weighted by atomic mass is 10.2. The highest BCUT2D eigenvalue weighted by atomic mass is 16.1. The van der Waals surface area contributed by atoms with E-state index in [9.17, 15) is 4.79 Å². The number of aromatic amines is 1. The summed E-state index contributed by atoms with van der Waals surface area (Å²) in [5.74, 6) is 0.683. The van der Waals surface area contributed by atoms with E-state index >= 15 is 0 Å². The molecule has 1 aromatic carbocycles. The molecule has 1 atom stereocenters. The van der Waals surface area contributed by atoms with Crippen LogP contribution in [-0.4, -0.2) is 16.0 Å². The molecule has 2 aromatic rings. The van der Waals surface area contributed by atoms with E-state index in [1.807, 2.05) is 25.1 Å². The molecule has 0 saturated heterocycles. The second kappa shape index (κ2) is 4.67. The lowest BCUT2D eigenvalue weighted by molar-refractivity contribution is 0.487. The van der Waals surface area contributed by atoms with Gasteiger partial charge in [-0.15, -0.1) is 0 Å². The van der Waals surface area contributed by atoms with E-state index in [2.05, 4.69) is 29.1 Å². The van der Waals surface area contributed by atoms with Crippen molar-refractivity contribution in [3.8, 4) is 0 Å². The highest BCUT2D eigenvalue weighted by Crippen LogP contribution is 2.10. The van der Waals surface area contributed by atoms with E-state index < -0.39 is 0 Å². The lowest BCUT2D eigenvalue weighted by Crippen LogP contribution is -2.29. The fraction of sp³-hybridized carbons (Fsp3) is 0.385. The van der Waals surface area contributed by atoms with Crippen LogP contribution in [0.5, 0.6) is 0 Å². The zero-order valence-electron chi connectivity index (χ0n) is 10.3. The van der Waals surface area contributed by atoms with E-state index in [1.54, 1.807) is 6.07 Å². The maximum absolute atomic E-state index is 11.9. The smallest absolute Gasteiger partial charge is 0.258 e. The quantitative estimate of drug-likeness (QED) is 0.849. The van der Waals surface area contributed by atoms with Gasteiger partial charge in [-0.05, 0) is 19.1 Å². The van der Waals surface area contributed by atoms with Gasteiger partial charge in [0.25, 0.3) is 5.56 Å². The van der Waals surface area contributed by atoms with Crippen LogP contribution < -0.4 is 10.9 Å². The number of nitrogens with zero attached hydrogens (tertiary/aromatic N) is 1. The number of fused-ring (bicyclic) bond motifs is 1. The van der Waals surface area contributed by atoms with Gasteiger partial charge >= 0.3 is 0 Å². The molecule has 0 fully saturated rings. The highest BCUT2D eigenvalue weighted by molar-refractivity contribution is 5.77. The molecular weight excluding hydrogens is 214 g/mol. The first-order valence-electron chi connectivity index (χ1n) is 5.83. The Hall–Kier alpha value is -1.68. The standard InChI is InChI=1S/C13H17N3O/c1-8(2)14-9(3)12-15-11-7-5-4-6-10(11)13(17)16-12/h4-9,14H,1-3H3,(H,15,16,17)/t9-/m1/s1. The van der Waals surface area contributed by atoms with Crippen LogP contribution in [0.2, 0.25) is 0 Å². The molecule has 4 heteroatoms. The third-order valence-corrected chi connectivity index (χ3v) is 2.62. The number of nitrogens with one attached hydrogen (secondary N) is 2. The molecular formula is C13H17N3O. The maximum atomic E-state index is 11.9. The molecule has 1 heterocycles. The summed E-state index contributed by atoms with van der Waals surface area (Å²) in [6, 6.07) is 7.75. The van der Waals surface area contributed by atoms with Crippen molar-refractivity contribution >= 4 is 10.9 Å². The van der Waals surface area contributed by atoms with E-state index in [-0.39, 0.29) is 11.6 Å². The van der Waals surface area contributed by atoms with Gasteiger partial charge in [-0.25, -0.2) is 4.98 Å². The summed E-state index contributed by atoms with van der Waals surface area (Å²) >= 11 is 0. The van der Waals surface area contributed by atoms with Crippen molar-refractivity contribution < 1.29 is 0 Å². The molecule has 0 aliphatic carbocycles. The molecule has 2 N–H and O–H groups in total. The molecule has 17 heavy (non-hydrogen) atoms. The molecule has 2 rings (SSSR count).